The molecule has 0 aromatic heterocycles. The molecule has 0 aliphatic carbocycles. The van der Waals surface area contributed by atoms with Crippen molar-refractivity contribution in [2.75, 3.05) is 51.3 Å². The number of carbonyl (C=O) groups excluding carboxylic acids is 1. The topological polar surface area (TPSA) is 44.8 Å². The molecule has 1 atom stereocenters. The van der Waals surface area contributed by atoms with Crippen LogP contribution in [0.15, 0.2) is 18.2 Å². The molecule has 2 aliphatic heterocycles. The third kappa shape index (κ3) is 4.16. The fourth-order valence-corrected chi connectivity index (χ4v) is 3.56. The maximum atomic E-state index is 12.5. The highest BCUT2D eigenvalue weighted by Gasteiger charge is 2.28. The molecular formula is C17H24ClN3O2. The molecule has 2 aliphatic rings. The number of benzene rings is 1. The highest BCUT2D eigenvalue weighted by molar-refractivity contribution is 6.33. The first-order valence-electron chi connectivity index (χ1n) is 8.24. The van der Waals surface area contributed by atoms with Gasteiger partial charge in [-0.05, 0) is 30.9 Å². The Hall–Kier alpha value is -1.30. The lowest BCUT2D eigenvalue weighted by molar-refractivity contribution is 0.0314. The molecule has 23 heavy (non-hydrogen) atoms. The average molecular weight is 338 g/mol. The minimum absolute atomic E-state index is 0.0503. The van der Waals surface area contributed by atoms with Gasteiger partial charge in [0.2, 0.25) is 0 Å². The monoisotopic (exact) mass is 337 g/mol. The third-order valence-electron chi connectivity index (χ3n) is 4.65. The number of nitrogens with zero attached hydrogens (tertiary/aromatic N) is 2. The van der Waals surface area contributed by atoms with E-state index < -0.39 is 0 Å². The predicted octanol–water partition coefficient (Wildman–Crippen LogP) is 2.83. The van der Waals surface area contributed by atoms with Gasteiger partial charge >= 0.3 is 6.03 Å². The number of hydrogen-bond donors (Lipinski definition) is 1. The minimum Gasteiger partial charge on any atom is -0.379 e. The van der Waals surface area contributed by atoms with Crippen LogP contribution >= 0.6 is 11.6 Å². The summed E-state index contributed by atoms with van der Waals surface area (Å²) < 4.78 is 5.38. The number of halogens is 1. The van der Waals surface area contributed by atoms with E-state index in [1.165, 1.54) is 0 Å². The van der Waals surface area contributed by atoms with Crippen LogP contribution in [0, 0.1) is 12.8 Å². The highest BCUT2D eigenvalue weighted by Crippen LogP contribution is 2.26. The molecular weight excluding hydrogens is 314 g/mol. The molecule has 2 saturated heterocycles. The molecule has 0 radical (unpaired) electrons. The Morgan fingerprint density at radius 3 is 2.87 bits per heavy atom. The molecule has 2 heterocycles. The lowest BCUT2D eigenvalue weighted by atomic mass is 10.1. The number of nitrogens with one attached hydrogen (secondary N) is 1. The zero-order valence-electron chi connectivity index (χ0n) is 13.6. The van der Waals surface area contributed by atoms with Gasteiger partial charge in [-0.15, -0.1) is 0 Å². The molecule has 1 aromatic rings. The molecule has 0 spiro atoms. The first-order valence-corrected chi connectivity index (χ1v) is 8.62. The maximum Gasteiger partial charge on any atom is 0.321 e. The van der Waals surface area contributed by atoms with Crippen molar-refractivity contribution in [3.8, 4) is 0 Å². The average Bonchev–Trinajstić information content (AvgIpc) is 3.00. The first-order chi connectivity index (χ1) is 11.1. The van der Waals surface area contributed by atoms with Crippen molar-refractivity contribution in [3.05, 3.63) is 28.8 Å². The maximum absolute atomic E-state index is 12.5. The normalized spacial score (nSPS) is 22.3. The smallest absolute Gasteiger partial charge is 0.321 e. The molecule has 6 heteroatoms. The van der Waals surface area contributed by atoms with Crippen molar-refractivity contribution in [2.45, 2.75) is 13.3 Å². The van der Waals surface area contributed by atoms with Gasteiger partial charge in [0, 0.05) is 32.7 Å². The Morgan fingerprint density at radius 2 is 2.13 bits per heavy atom. The fourth-order valence-electron chi connectivity index (χ4n) is 3.29. The van der Waals surface area contributed by atoms with E-state index in [4.69, 9.17) is 16.3 Å². The SMILES string of the molecule is Cc1cccc(Cl)c1NC(=O)N1CC[C@@H](CN2CCOCC2)C1. The van der Waals surface area contributed by atoms with Crippen molar-refractivity contribution in [3.63, 3.8) is 0 Å². The van der Waals surface area contributed by atoms with Crippen LogP contribution in [-0.4, -0.2) is 61.8 Å². The van der Waals surface area contributed by atoms with Gasteiger partial charge in [0.05, 0.1) is 23.9 Å². The van der Waals surface area contributed by atoms with Gasteiger partial charge in [-0.3, -0.25) is 4.90 Å². The Labute approximate surface area is 142 Å². The molecule has 0 saturated carbocycles. The van der Waals surface area contributed by atoms with Crippen LogP contribution in [0.3, 0.4) is 0 Å². The van der Waals surface area contributed by atoms with E-state index in [-0.39, 0.29) is 6.03 Å². The number of likely N-dealkylation sites (tertiary alicyclic amines) is 1. The van der Waals surface area contributed by atoms with Gasteiger partial charge in [-0.25, -0.2) is 4.79 Å². The summed E-state index contributed by atoms with van der Waals surface area (Å²) in [6.45, 7) is 8.27. The Kier molecular flexibility index (Phi) is 5.41. The standard InChI is InChI=1S/C17H24ClN3O2/c1-13-3-2-4-15(18)16(13)19-17(22)21-6-5-14(12-21)11-20-7-9-23-10-8-20/h2-4,14H,5-12H2,1H3,(H,19,22)/t14-/m0/s1. The van der Waals surface area contributed by atoms with Crippen molar-refractivity contribution in [1.29, 1.82) is 0 Å². The number of morpholine rings is 1. The van der Waals surface area contributed by atoms with Crippen molar-refractivity contribution < 1.29 is 9.53 Å². The summed E-state index contributed by atoms with van der Waals surface area (Å²) in [6, 6.07) is 5.59. The molecule has 2 fully saturated rings. The predicted molar refractivity (Wildman–Crippen MR) is 92.1 cm³/mol. The van der Waals surface area contributed by atoms with E-state index in [0.717, 1.165) is 63.6 Å². The second-order valence-corrected chi connectivity index (χ2v) is 6.78. The van der Waals surface area contributed by atoms with Gasteiger partial charge in [-0.2, -0.15) is 0 Å². The van der Waals surface area contributed by atoms with E-state index >= 15 is 0 Å². The summed E-state index contributed by atoms with van der Waals surface area (Å²) in [5, 5.41) is 3.55. The van der Waals surface area contributed by atoms with E-state index in [1.54, 1.807) is 6.07 Å². The van der Waals surface area contributed by atoms with Crippen molar-refractivity contribution >= 4 is 23.3 Å². The lowest BCUT2D eigenvalue weighted by Crippen LogP contribution is -2.40. The summed E-state index contributed by atoms with van der Waals surface area (Å²) in [5.74, 6) is 0.547. The molecule has 1 aromatic carbocycles. The number of aryl methyl sites for hydroxylation is 1. The highest BCUT2D eigenvalue weighted by atomic mass is 35.5. The summed E-state index contributed by atoms with van der Waals surface area (Å²) in [6.07, 6.45) is 1.06. The molecule has 5 nitrogen and oxygen atoms in total. The van der Waals surface area contributed by atoms with E-state index in [2.05, 4.69) is 10.2 Å². The van der Waals surface area contributed by atoms with E-state index in [0.29, 0.717) is 10.9 Å². The van der Waals surface area contributed by atoms with Crippen LogP contribution in [0.1, 0.15) is 12.0 Å². The number of ether oxygens (including phenoxy) is 1. The first kappa shape index (κ1) is 16.6. The van der Waals surface area contributed by atoms with Gasteiger partial charge in [0.15, 0.2) is 0 Å². The minimum atomic E-state index is -0.0503. The second-order valence-electron chi connectivity index (χ2n) is 6.38. The van der Waals surface area contributed by atoms with Crippen LogP contribution in [0.4, 0.5) is 10.5 Å². The Balaban J connectivity index is 1.53. The molecule has 1 N–H and O–H groups in total. The number of anilines is 1. The second kappa shape index (κ2) is 7.51. The number of para-hydroxylation sites is 1. The fraction of sp³-hybridized carbons (Fsp3) is 0.588. The quantitative estimate of drug-likeness (QED) is 0.922. The number of rotatable bonds is 3. The number of carbonyl (C=O) groups is 1. The van der Waals surface area contributed by atoms with E-state index in [9.17, 15) is 4.79 Å². The summed E-state index contributed by atoms with van der Waals surface area (Å²) in [5.41, 5.74) is 1.70. The number of amides is 2. The van der Waals surface area contributed by atoms with Crippen LogP contribution in [0.25, 0.3) is 0 Å². The van der Waals surface area contributed by atoms with Crippen LogP contribution < -0.4 is 5.32 Å². The molecule has 0 bridgehead atoms. The largest absolute Gasteiger partial charge is 0.379 e. The van der Waals surface area contributed by atoms with Crippen molar-refractivity contribution in [2.24, 2.45) is 5.92 Å². The summed E-state index contributed by atoms with van der Waals surface area (Å²) >= 11 is 6.19. The lowest BCUT2D eigenvalue weighted by Gasteiger charge is -2.29. The van der Waals surface area contributed by atoms with Crippen molar-refractivity contribution in [1.82, 2.24) is 9.80 Å². The molecule has 126 valence electrons. The van der Waals surface area contributed by atoms with Gasteiger partial charge in [-0.1, -0.05) is 23.7 Å². The summed E-state index contributed by atoms with van der Waals surface area (Å²) in [4.78, 5) is 16.8. The molecule has 0 unspecified atom stereocenters. The Bertz CT molecular complexity index is 541. The van der Waals surface area contributed by atoms with Crippen LogP contribution in [0.5, 0.6) is 0 Å². The number of urea groups is 1. The zero-order chi connectivity index (χ0) is 16.2. The third-order valence-corrected chi connectivity index (χ3v) is 4.96. The number of hydrogen-bond acceptors (Lipinski definition) is 3. The van der Waals surface area contributed by atoms with Gasteiger partial charge in [0.25, 0.3) is 0 Å². The van der Waals surface area contributed by atoms with E-state index in [1.807, 2.05) is 24.0 Å². The zero-order valence-corrected chi connectivity index (χ0v) is 14.3. The Morgan fingerprint density at radius 1 is 1.35 bits per heavy atom. The molecule has 2 amide bonds. The van der Waals surface area contributed by atoms with Gasteiger partial charge < -0.3 is 15.0 Å². The van der Waals surface area contributed by atoms with Crippen LogP contribution in [-0.2, 0) is 4.74 Å². The molecule has 3 rings (SSSR count). The van der Waals surface area contributed by atoms with Crippen LogP contribution in [0.2, 0.25) is 5.02 Å². The van der Waals surface area contributed by atoms with Gasteiger partial charge in [0.1, 0.15) is 0 Å². The summed E-state index contributed by atoms with van der Waals surface area (Å²) in [7, 11) is 0.